The molecule has 0 unspecified atom stereocenters. The van der Waals surface area contributed by atoms with E-state index in [0.29, 0.717) is 13.1 Å². The molecule has 0 N–H and O–H groups in total. The molecule has 2 rings (SSSR count). The van der Waals surface area contributed by atoms with Gasteiger partial charge in [0.15, 0.2) is 0 Å². The minimum absolute atomic E-state index is 0.186. The van der Waals surface area contributed by atoms with Gasteiger partial charge in [-0.05, 0) is 24.8 Å². The van der Waals surface area contributed by atoms with Crippen molar-refractivity contribution in [1.29, 1.82) is 0 Å². The molecule has 118 valence electrons. The number of likely N-dealkylation sites (N-methyl/N-ethyl adjacent to an activating group) is 1. The first-order chi connectivity index (χ1) is 10.5. The van der Waals surface area contributed by atoms with E-state index in [2.05, 4.69) is 11.8 Å². The second kappa shape index (κ2) is 7.13. The molecule has 0 radical (unpaired) electrons. The van der Waals surface area contributed by atoms with Gasteiger partial charge in [-0.2, -0.15) is 0 Å². The fraction of sp³-hybridized carbons (Fsp3) is 0.400. The van der Waals surface area contributed by atoms with Crippen molar-refractivity contribution in [2.75, 3.05) is 32.7 Å². The van der Waals surface area contributed by atoms with Gasteiger partial charge in [0.05, 0.1) is 16.6 Å². The number of nitro benzene ring substituents is 1. The minimum atomic E-state index is -0.675. The molecule has 1 amide bonds. The predicted molar refractivity (Wildman–Crippen MR) is 80.8 cm³/mol. The van der Waals surface area contributed by atoms with Crippen LogP contribution >= 0.6 is 0 Å². The van der Waals surface area contributed by atoms with Crippen molar-refractivity contribution in [1.82, 2.24) is 9.80 Å². The quantitative estimate of drug-likeness (QED) is 0.484. The maximum absolute atomic E-state index is 13.1. The van der Waals surface area contributed by atoms with Gasteiger partial charge in [0.1, 0.15) is 5.82 Å². The second-order valence-corrected chi connectivity index (χ2v) is 5.05. The smallest absolute Gasteiger partial charge is 0.279 e. The van der Waals surface area contributed by atoms with E-state index in [1.54, 1.807) is 4.90 Å². The van der Waals surface area contributed by atoms with Crippen LogP contribution in [0.15, 0.2) is 24.3 Å². The van der Waals surface area contributed by atoms with Crippen molar-refractivity contribution in [3.8, 4) is 0 Å². The number of hydrogen-bond donors (Lipinski definition) is 0. The first-order valence-corrected chi connectivity index (χ1v) is 7.14. The minimum Gasteiger partial charge on any atom is -0.337 e. The lowest BCUT2D eigenvalue weighted by Crippen LogP contribution is -2.48. The molecule has 1 heterocycles. The van der Waals surface area contributed by atoms with E-state index >= 15 is 0 Å². The van der Waals surface area contributed by atoms with Crippen molar-refractivity contribution < 1.29 is 14.1 Å². The molecule has 1 fully saturated rings. The lowest BCUT2D eigenvalue weighted by molar-refractivity contribution is -0.385. The van der Waals surface area contributed by atoms with E-state index in [-0.39, 0.29) is 17.2 Å². The number of nitro groups is 1. The van der Waals surface area contributed by atoms with Gasteiger partial charge < -0.3 is 9.80 Å². The zero-order valence-corrected chi connectivity index (χ0v) is 12.4. The van der Waals surface area contributed by atoms with E-state index < -0.39 is 10.7 Å². The first kappa shape index (κ1) is 16.1. The van der Waals surface area contributed by atoms with Gasteiger partial charge in [-0.3, -0.25) is 14.9 Å². The number of nitrogens with zero attached hydrogens (tertiary/aromatic N) is 3. The Morgan fingerprint density at radius 2 is 2.05 bits per heavy atom. The number of carbonyl (C=O) groups is 1. The summed E-state index contributed by atoms with van der Waals surface area (Å²) in [4.78, 5) is 26.3. The third-order valence-corrected chi connectivity index (χ3v) is 3.73. The zero-order valence-electron chi connectivity index (χ0n) is 12.4. The lowest BCUT2D eigenvalue weighted by atomic mass is 10.1. The summed E-state index contributed by atoms with van der Waals surface area (Å²) in [7, 11) is 0. The van der Waals surface area contributed by atoms with Crippen LogP contribution in [-0.4, -0.2) is 53.4 Å². The van der Waals surface area contributed by atoms with Crippen LogP contribution in [0, 0.1) is 15.9 Å². The Kier molecular flexibility index (Phi) is 5.21. The monoisotopic (exact) mass is 307 g/mol. The van der Waals surface area contributed by atoms with E-state index in [0.717, 1.165) is 31.8 Å². The van der Waals surface area contributed by atoms with Crippen LogP contribution < -0.4 is 0 Å². The number of rotatable bonds is 4. The SMILES string of the molecule is CCN1CCN(C(=O)C=Cc2ccc(F)cc2[N+](=O)[O-])CC1. The number of benzene rings is 1. The van der Waals surface area contributed by atoms with E-state index in [4.69, 9.17) is 0 Å². The lowest BCUT2D eigenvalue weighted by Gasteiger charge is -2.33. The van der Waals surface area contributed by atoms with E-state index in [1.807, 2.05) is 0 Å². The molecule has 0 aromatic heterocycles. The number of hydrogen-bond acceptors (Lipinski definition) is 4. The molecule has 0 atom stereocenters. The van der Waals surface area contributed by atoms with Crippen LogP contribution in [0.1, 0.15) is 12.5 Å². The number of amides is 1. The topological polar surface area (TPSA) is 66.7 Å². The summed E-state index contributed by atoms with van der Waals surface area (Å²) >= 11 is 0. The van der Waals surface area contributed by atoms with Crippen molar-refractivity contribution >= 4 is 17.7 Å². The average molecular weight is 307 g/mol. The van der Waals surface area contributed by atoms with Gasteiger partial charge in [-0.1, -0.05) is 6.92 Å². The maximum Gasteiger partial charge on any atom is 0.279 e. The Morgan fingerprint density at radius 1 is 1.36 bits per heavy atom. The van der Waals surface area contributed by atoms with Crippen LogP contribution in [0.3, 0.4) is 0 Å². The summed E-state index contributed by atoms with van der Waals surface area (Å²) in [6.45, 7) is 5.97. The highest BCUT2D eigenvalue weighted by atomic mass is 19.1. The van der Waals surface area contributed by atoms with Crippen LogP contribution in [0.25, 0.3) is 6.08 Å². The Morgan fingerprint density at radius 3 is 2.64 bits per heavy atom. The van der Waals surface area contributed by atoms with Gasteiger partial charge in [-0.25, -0.2) is 4.39 Å². The highest BCUT2D eigenvalue weighted by Crippen LogP contribution is 2.21. The molecular formula is C15H18FN3O3. The Labute approximate surface area is 128 Å². The van der Waals surface area contributed by atoms with Gasteiger partial charge >= 0.3 is 0 Å². The van der Waals surface area contributed by atoms with Crippen LogP contribution in [-0.2, 0) is 4.79 Å². The molecule has 7 heteroatoms. The van der Waals surface area contributed by atoms with E-state index in [9.17, 15) is 19.3 Å². The maximum atomic E-state index is 13.1. The number of halogens is 1. The zero-order chi connectivity index (χ0) is 16.1. The fourth-order valence-electron chi connectivity index (χ4n) is 2.37. The van der Waals surface area contributed by atoms with Gasteiger partial charge in [-0.15, -0.1) is 0 Å². The Balaban J connectivity index is 2.06. The molecule has 1 aliphatic rings. The van der Waals surface area contributed by atoms with Crippen molar-refractivity contribution in [2.45, 2.75) is 6.92 Å². The van der Waals surface area contributed by atoms with Crippen molar-refractivity contribution in [3.63, 3.8) is 0 Å². The molecule has 1 saturated heterocycles. The average Bonchev–Trinajstić information content (AvgIpc) is 2.53. The second-order valence-electron chi connectivity index (χ2n) is 5.05. The molecule has 0 aliphatic carbocycles. The third-order valence-electron chi connectivity index (χ3n) is 3.73. The predicted octanol–water partition coefficient (Wildman–Crippen LogP) is 1.91. The molecule has 0 spiro atoms. The molecule has 22 heavy (non-hydrogen) atoms. The van der Waals surface area contributed by atoms with Crippen LogP contribution in [0.2, 0.25) is 0 Å². The highest BCUT2D eigenvalue weighted by Gasteiger charge is 2.19. The summed E-state index contributed by atoms with van der Waals surface area (Å²) < 4.78 is 13.1. The summed E-state index contributed by atoms with van der Waals surface area (Å²) in [6, 6.07) is 3.29. The fourth-order valence-corrected chi connectivity index (χ4v) is 2.37. The van der Waals surface area contributed by atoms with Gasteiger partial charge in [0.2, 0.25) is 5.91 Å². The first-order valence-electron chi connectivity index (χ1n) is 7.14. The summed E-state index contributed by atoms with van der Waals surface area (Å²) in [5, 5.41) is 10.9. The molecule has 1 aromatic carbocycles. The van der Waals surface area contributed by atoms with Crippen LogP contribution in [0.4, 0.5) is 10.1 Å². The summed E-state index contributed by atoms with van der Waals surface area (Å²) in [5.74, 6) is -0.861. The number of piperazine rings is 1. The molecule has 0 bridgehead atoms. The largest absolute Gasteiger partial charge is 0.337 e. The third kappa shape index (κ3) is 3.88. The number of carbonyl (C=O) groups excluding carboxylic acids is 1. The molecule has 1 aliphatic heterocycles. The van der Waals surface area contributed by atoms with Crippen molar-refractivity contribution in [2.24, 2.45) is 0 Å². The molecular weight excluding hydrogens is 289 g/mol. The standard InChI is InChI=1S/C15H18FN3O3/c1-2-17-7-9-18(10-8-17)15(20)6-4-12-3-5-13(16)11-14(12)19(21)22/h3-6,11H,2,7-10H2,1H3. The summed E-state index contributed by atoms with van der Waals surface area (Å²) in [6.07, 6.45) is 2.67. The molecule has 6 nitrogen and oxygen atoms in total. The summed E-state index contributed by atoms with van der Waals surface area (Å²) in [5.41, 5.74) is -0.133. The van der Waals surface area contributed by atoms with Crippen molar-refractivity contribution in [3.05, 3.63) is 45.8 Å². The van der Waals surface area contributed by atoms with E-state index in [1.165, 1.54) is 18.2 Å². The highest BCUT2D eigenvalue weighted by molar-refractivity contribution is 5.92. The Bertz CT molecular complexity index is 596. The Hall–Kier alpha value is -2.28. The van der Waals surface area contributed by atoms with Gasteiger partial charge in [0, 0.05) is 32.3 Å². The molecule has 1 aromatic rings. The molecule has 0 saturated carbocycles. The normalized spacial score (nSPS) is 16.2. The van der Waals surface area contributed by atoms with Gasteiger partial charge in [0.25, 0.3) is 5.69 Å². The van der Waals surface area contributed by atoms with Crippen LogP contribution in [0.5, 0.6) is 0 Å².